The van der Waals surface area contributed by atoms with E-state index in [1.807, 2.05) is 66.3 Å². The number of halogens is 1. The first-order chi connectivity index (χ1) is 13.2. The monoisotopic (exact) mass is 419 g/mol. The number of nitrogens with one attached hydrogen (secondary N) is 1. The number of hydrogen-bond donors (Lipinski definition) is 1. The SMILES string of the molecule is C/C(Br)=C/c1cnn2c(NCc3cccnc3)cc(-c3ccccc3)nc12. The molecule has 0 unspecified atom stereocenters. The number of allylic oxidation sites excluding steroid dienone is 1. The van der Waals surface area contributed by atoms with Crippen molar-refractivity contribution in [2.45, 2.75) is 13.5 Å². The van der Waals surface area contributed by atoms with E-state index in [2.05, 4.69) is 43.5 Å². The lowest BCUT2D eigenvalue weighted by Gasteiger charge is -2.11. The Balaban J connectivity index is 1.80. The summed E-state index contributed by atoms with van der Waals surface area (Å²) in [6.07, 6.45) is 7.48. The molecule has 0 saturated carbocycles. The van der Waals surface area contributed by atoms with Gasteiger partial charge in [0, 0.05) is 36.1 Å². The minimum Gasteiger partial charge on any atom is -0.366 e. The number of benzene rings is 1. The molecule has 0 fully saturated rings. The normalized spacial score (nSPS) is 11.7. The molecule has 5 nitrogen and oxygen atoms in total. The second-order valence-electron chi connectivity index (χ2n) is 6.17. The maximum atomic E-state index is 4.86. The van der Waals surface area contributed by atoms with Crippen LogP contribution in [0.3, 0.4) is 0 Å². The molecule has 0 amide bonds. The first-order valence-corrected chi connectivity index (χ1v) is 9.41. The topological polar surface area (TPSA) is 55.1 Å². The van der Waals surface area contributed by atoms with Crippen LogP contribution in [0.15, 0.2) is 71.6 Å². The summed E-state index contributed by atoms with van der Waals surface area (Å²) in [6, 6.07) is 16.2. The Morgan fingerprint density at radius 2 is 2.00 bits per heavy atom. The summed E-state index contributed by atoms with van der Waals surface area (Å²) in [5, 5.41) is 8.00. The molecule has 4 rings (SSSR count). The summed E-state index contributed by atoms with van der Waals surface area (Å²) in [7, 11) is 0. The van der Waals surface area contributed by atoms with Gasteiger partial charge in [-0.3, -0.25) is 4.98 Å². The first-order valence-electron chi connectivity index (χ1n) is 8.61. The van der Waals surface area contributed by atoms with Gasteiger partial charge in [0.15, 0.2) is 5.65 Å². The predicted molar refractivity (Wildman–Crippen MR) is 113 cm³/mol. The van der Waals surface area contributed by atoms with Crippen LogP contribution in [0.2, 0.25) is 0 Å². The second kappa shape index (κ2) is 7.72. The number of aromatic nitrogens is 4. The van der Waals surface area contributed by atoms with Crippen molar-refractivity contribution >= 4 is 33.5 Å². The van der Waals surface area contributed by atoms with Crippen molar-refractivity contribution < 1.29 is 0 Å². The summed E-state index contributed by atoms with van der Waals surface area (Å²) in [5.74, 6) is 0.884. The van der Waals surface area contributed by atoms with E-state index in [0.717, 1.165) is 38.3 Å². The largest absolute Gasteiger partial charge is 0.366 e. The molecule has 0 aliphatic rings. The molecule has 0 radical (unpaired) electrons. The summed E-state index contributed by atoms with van der Waals surface area (Å²) in [6.45, 7) is 2.65. The number of nitrogens with zero attached hydrogens (tertiary/aromatic N) is 4. The lowest BCUT2D eigenvalue weighted by atomic mass is 10.1. The van der Waals surface area contributed by atoms with Gasteiger partial charge in [-0.25, -0.2) is 4.98 Å². The number of pyridine rings is 1. The molecule has 3 aromatic heterocycles. The molecule has 3 heterocycles. The molecule has 0 atom stereocenters. The Kier molecular flexibility index (Phi) is 4.98. The van der Waals surface area contributed by atoms with Crippen molar-refractivity contribution in [1.82, 2.24) is 19.6 Å². The number of hydrogen-bond acceptors (Lipinski definition) is 4. The van der Waals surface area contributed by atoms with E-state index < -0.39 is 0 Å². The van der Waals surface area contributed by atoms with E-state index in [9.17, 15) is 0 Å². The van der Waals surface area contributed by atoms with Gasteiger partial charge in [-0.05, 0) is 29.1 Å². The molecule has 134 valence electrons. The van der Waals surface area contributed by atoms with E-state index in [4.69, 9.17) is 4.98 Å². The average Bonchev–Trinajstić information content (AvgIpc) is 3.10. The van der Waals surface area contributed by atoms with Crippen molar-refractivity contribution in [3.8, 4) is 11.3 Å². The molecule has 4 aromatic rings. The standard InChI is InChI=1S/C21H18BrN5/c1-15(22)10-18-14-25-27-20(24-13-16-6-5-9-23-12-16)11-19(26-21(18)27)17-7-3-2-4-8-17/h2-12,14,24H,13H2,1H3/b15-10-. The predicted octanol–water partition coefficient (Wildman–Crippen LogP) is 5.16. The fourth-order valence-electron chi connectivity index (χ4n) is 2.87. The molecular formula is C21H18BrN5. The molecule has 1 aromatic carbocycles. The minimum absolute atomic E-state index is 0.656. The molecule has 0 aliphatic heterocycles. The second-order valence-corrected chi connectivity index (χ2v) is 7.42. The van der Waals surface area contributed by atoms with Gasteiger partial charge in [0.05, 0.1) is 11.9 Å². The van der Waals surface area contributed by atoms with E-state index in [1.54, 1.807) is 6.20 Å². The highest BCUT2D eigenvalue weighted by molar-refractivity contribution is 9.11. The third-order valence-corrected chi connectivity index (χ3v) is 4.35. The van der Waals surface area contributed by atoms with Crippen molar-refractivity contribution in [2.75, 3.05) is 5.32 Å². The quantitative estimate of drug-likeness (QED) is 0.485. The highest BCUT2D eigenvalue weighted by atomic mass is 79.9. The lowest BCUT2D eigenvalue weighted by molar-refractivity contribution is 0.925. The number of fused-ring (bicyclic) bond motifs is 1. The van der Waals surface area contributed by atoms with E-state index in [1.165, 1.54) is 0 Å². The van der Waals surface area contributed by atoms with Crippen LogP contribution in [-0.2, 0) is 6.54 Å². The molecule has 0 bridgehead atoms. The van der Waals surface area contributed by atoms with Crippen LogP contribution in [-0.4, -0.2) is 19.6 Å². The fraction of sp³-hybridized carbons (Fsp3) is 0.0952. The van der Waals surface area contributed by atoms with Crippen LogP contribution in [0.25, 0.3) is 23.0 Å². The zero-order valence-electron chi connectivity index (χ0n) is 14.8. The number of rotatable bonds is 5. The maximum Gasteiger partial charge on any atom is 0.165 e. The van der Waals surface area contributed by atoms with Crippen molar-refractivity contribution in [3.63, 3.8) is 0 Å². The van der Waals surface area contributed by atoms with Crippen LogP contribution in [0.4, 0.5) is 5.82 Å². The summed E-state index contributed by atoms with van der Waals surface area (Å²) < 4.78 is 2.86. The Labute approximate surface area is 165 Å². The van der Waals surface area contributed by atoms with Crippen LogP contribution in [0, 0.1) is 0 Å². The third-order valence-electron chi connectivity index (χ3n) is 4.12. The number of anilines is 1. The highest BCUT2D eigenvalue weighted by Gasteiger charge is 2.12. The van der Waals surface area contributed by atoms with Crippen molar-refractivity contribution in [1.29, 1.82) is 0 Å². The average molecular weight is 420 g/mol. The van der Waals surface area contributed by atoms with E-state index in [-0.39, 0.29) is 0 Å². The highest BCUT2D eigenvalue weighted by Crippen LogP contribution is 2.25. The summed E-state index contributed by atoms with van der Waals surface area (Å²) in [4.78, 5) is 9.03. The Morgan fingerprint density at radius 1 is 1.15 bits per heavy atom. The van der Waals surface area contributed by atoms with Crippen LogP contribution >= 0.6 is 15.9 Å². The Hall–Kier alpha value is -2.99. The summed E-state index contributed by atoms with van der Waals surface area (Å²) in [5.41, 5.74) is 4.85. The van der Waals surface area contributed by atoms with Crippen LogP contribution in [0.5, 0.6) is 0 Å². The minimum atomic E-state index is 0.656. The van der Waals surface area contributed by atoms with Crippen molar-refractivity contribution in [2.24, 2.45) is 0 Å². The van der Waals surface area contributed by atoms with Gasteiger partial charge in [0.25, 0.3) is 0 Å². The zero-order chi connectivity index (χ0) is 18.6. The van der Waals surface area contributed by atoms with Gasteiger partial charge < -0.3 is 5.32 Å². The first kappa shape index (κ1) is 17.4. The molecule has 27 heavy (non-hydrogen) atoms. The van der Waals surface area contributed by atoms with Gasteiger partial charge in [-0.2, -0.15) is 9.61 Å². The summed E-state index contributed by atoms with van der Waals surface area (Å²) >= 11 is 3.50. The molecule has 1 N–H and O–H groups in total. The third kappa shape index (κ3) is 3.90. The van der Waals surface area contributed by atoms with Crippen LogP contribution in [0.1, 0.15) is 18.1 Å². The van der Waals surface area contributed by atoms with Crippen molar-refractivity contribution in [3.05, 3.63) is 82.7 Å². The maximum absolute atomic E-state index is 4.86. The molecule has 0 aliphatic carbocycles. The van der Waals surface area contributed by atoms with Gasteiger partial charge in [-0.1, -0.05) is 52.3 Å². The zero-order valence-corrected chi connectivity index (χ0v) is 16.4. The van der Waals surface area contributed by atoms with Crippen LogP contribution < -0.4 is 5.32 Å². The van der Waals surface area contributed by atoms with Gasteiger partial charge in [0.1, 0.15) is 5.82 Å². The smallest absolute Gasteiger partial charge is 0.165 e. The fourth-order valence-corrected chi connectivity index (χ4v) is 3.12. The molecule has 6 heteroatoms. The molecule has 0 saturated heterocycles. The van der Waals surface area contributed by atoms with E-state index >= 15 is 0 Å². The Morgan fingerprint density at radius 3 is 2.74 bits per heavy atom. The van der Waals surface area contributed by atoms with Gasteiger partial charge in [0.2, 0.25) is 0 Å². The molecular weight excluding hydrogens is 402 g/mol. The Bertz CT molecular complexity index is 1080. The van der Waals surface area contributed by atoms with Gasteiger partial charge >= 0.3 is 0 Å². The van der Waals surface area contributed by atoms with E-state index in [0.29, 0.717) is 6.54 Å². The lowest BCUT2D eigenvalue weighted by Crippen LogP contribution is -2.07. The van der Waals surface area contributed by atoms with Gasteiger partial charge in [-0.15, -0.1) is 0 Å². The molecule has 0 spiro atoms.